The van der Waals surface area contributed by atoms with Crippen LogP contribution in [-0.2, 0) is 22.4 Å². The van der Waals surface area contributed by atoms with Gasteiger partial charge in [-0.1, -0.05) is 60.7 Å². The van der Waals surface area contributed by atoms with Crippen LogP contribution in [0.4, 0.5) is 22.7 Å². The monoisotopic (exact) mass is 718 g/mol. The minimum atomic E-state index is -1.30. The van der Waals surface area contributed by atoms with Crippen LogP contribution in [0.3, 0.4) is 0 Å². The number of aliphatic carboxylic acids is 2. The van der Waals surface area contributed by atoms with E-state index in [9.17, 15) is 69.8 Å². The fourth-order valence-electron chi connectivity index (χ4n) is 4.46. The zero-order valence-electron chi connectivity index (χ0n) is 26.4. The van der Waals surface area contributed by atoms with Crippen LogP contribution < -0.4 is 10.6 Å². The van der Waals surface area contributed by atoms with Crippen LogP contribution >= 0.6 is 0 Å². The van der Waals surface area contributed by atoms with Crippen LogP contribution in [0, 0.1) is 40.5 Å². The number of rotatable bonds is 14. The second-order valence-electron chi connectivity index (χ2n) is 10.6. The molecule has 0 bridgehead atoms. The van der Waals surface area contributed by atoms with E-state index in [-0.39, 0.29) is 24.0 Å². The van der Waals surface area contributed by atoms with Gasteiger partial charge in [-0.25, -0.2) is 9.59 Å². The van der Waals surface area contributed by atoms with Gasteiger partial charge >= 0.3 is 11.9 Å². The van der Waals surface area contributed by atoms with Crippen molar-refractivity contribution < 1.29 is 49.1 Å². The smallest absolute Gasteiger partial charge is 0.326 e. The first-order valence-corrected chi connectivity index (χ1v) is 14.6. The van der Waals surface area contributed by atoms with Gasteiger partial charge in [-0.15, -0.1) is 0 Å². The molecule has 268 valence electrons. The Morgan fingerprint density at radius 3 is 1.00 bits per heavy atom. The zero-order chi connectivity index (χ0) is 38.5. The van der Waals surface area contributed by atoms with Crippen molar-refractivity contribution >= 4 is 46.5 Å². The summed E-state index contributed by atoms with van der Waals surface area (Å²) in [5.74, 6) is -4.52. The van der Waals surface area contributed by atoms with Gasteiger partial charge in [-0.3, -0.25) is 50.0 Å². The lowest BCUT2D eigenvalue weighted by molar-refractivity contribution is -0.394. The molecular weight excluding hydrogens is 692 g/mol. The molecule has 2 atom stereocenters. The largest absolute Gasteiger partial charge is 0.480 e. The van der Waals surface area contributed by atoms with E-state index in [1.807, 2.05) is 0 Å². The van der Waals surface area contributed by atoms with Gasteiger partial charge in [-0.05, 0) is 11.1 Å². The molecule has 0 saturated carbocycles. The van der Waals surface area contributed by atoms with E-state index < -0.39 is 78.3 Å². The fraction of sp³-hybridized carbons (Fsp3) is 0.125. The first-order chi connectivity index (χ1) is 24.5. The number of benzene rings is 4. The van der Waals surface area contributed by atoms with Crippen molar-refractivity contribution in [3.63, 3.8) is 0 Å². The van der Waals surface area contributed by atoms with Gasteiger partial charge in [0.05, 0.1) is 43.0 Å². The number of non-ortho nitro benzene ring substituents is 4. The summed E-state index contributed by atoms with van der Waals surface area (Å²) in [6.07, 6.45) is -0.0299. The highest BCUT2D eigenvalue weighted by Gasteiger charge is 2.26. The standard InChI is InChI=1S/2C16H13N3O7/c2*20-15(11-7-12(18(23)24)9-13(8-11)19(25)26)17-14(16(21)22)6-10-4-2-1-3-5-10/h2*1-5,7-9,14H,6H2,(H,17,20)(H,21,22)/t2*14-/m00/s1. The number of nitro benzene ring substituents is 4. The van der Waals surface area contributed by atoms with Crippen molar-refractivity contribution in [3.05, 3.63) is 160 Å². The van der Waals surface area contributed by atoms with E-state index >= 15 is 0 Å². The summed E-state index contributed by atoms with van der Waals surface area (Å²) in [7, 11) is 0. The van der Waals surface area contributed by atoms with Gasteiger partial charge in [-0.2, -0.15) is 0 Å². The van der Waals surface area contributed by atoms with E-state index in [0.29, 0.717) is 11.1 Å². The van der Waals surface area contributed by atoms with E-state index in [1.54, 1.807) is 60.7 Å². The zero-order valence-corrected chi connectivity index (χ0v) is 26.4. The molecule has 0 aromatic heterocycles. The predicted molar refractivity (Wildman–Crippen MR) is 178 cm³/mol. The van der Waals surface area contributed by atoms with Gasteiger partial charge in [0.1, 0.15) is 12.1 Å². The minimum absolute atomic E-state index is 0.0149. The Bertz CT molecular complexity index is 1820. The van der Waals surface area contributed by atoms with Gasteiger partial charge in [0.2, 0.25) is 0 Å². The lowest BCUT2D eigenvalue weighted by Gasteiger charge is -2.14. The van der Waals surface area contributed by atoms with Crippen LogP contribution in [0.1, 0.15) is 31.8 Å². The predicted octanol–water partition coefficient (Wildman–Crippen LogP) is 3.86. The molecule has 52 heavy (non-hydrogen) atoms. The molecule has 0 spiro atoms. The van der Waals surface area contributed by atoms with Crippen molar-refractivity contribution in [2.45, 2.75) is 24.9 Å². The number of carboxylic acid groups (broad SMARTS) is 2. The van der Waals surface area contributed by atoms with E-state index in [4.69, 9.17) is 0 Å². The average Bonchev–Trinajstić information content (AvgIpc) is 3.11. The highest BCUT2D eigenvalue weighted by molar-refractivity contribution is 5.98. The number of hydrogen-bond acceptors (Lipinski definition) is 12. The van der Waals surface area contributed by atoms with Crippen molar-refractivity contribution in [2.24, 2.45) is 0 Å². The Morgan fingerprint density at radius 1 is 0.500 bits per heavy atom. The number of amides is 2. The highest BCUT2D eigenvalue weighted by atomic mass is 16.6. The molecule has 0 radical (unpaired) electrons. The number of nitrogens with one attached hydrogen (secondary N) is 2. The molecule has 2 amide bonds. The molecule has 4 aromatic carbocycles. The maximum absolute atomic E-state index is 12.3. The number of carbonyl (C=O) groups excluding carboxylic acids is 2. The molecule has 20 heteroatoms. The molecule has 0 aliphatic rings. The third kappa shape index (κ3) is 11.2. The Hall–Kier alpha value is -7.64. The molecule has 0 aliphatic heterocycles. The molecule has 0 unspecified atom stereocenters. The molecule has 4 N–H and O–H groups in total. The number of hydrogen-bond donors (Lipinski definition) is 4. The highest BCUT2D eigenvalue weighted by Crippen LogP contribution is 2.24. The third-order valence-corrected chi connectivity index (χ3v) is 6.94. The lowest BCUT2D eigenvalue weighted by Crippen LogP contribution is -2.42. The molecule has 0 heterocycles. The van der Waals surface area contributed by atoms with Crippen LogP contribution in [0.25, 0.3) is 0 Å². The number of carbonyl (C=O) groups is 4. The summed E-state index contributed by atoms with van der Waals surface area (Å²) in [4.78, 5) is 87.4. The molecule has 4 aromatic rings. The molecule has 0 fully saturated rings. The summed E-state index contributed by atoms with van der Waals surface area (Å²) in [6, 6.07) is 19.3. The molecule has 0 saturated heterocycles. The van der Waals surface area contributed by atoms with Gasteiger partial charge in [0.25, 0.3) is 34.6 Å². The number of carboxylic acids is 2. The Balaban J connectivity index is 0.000000280. The average molecular weight is 719 g/mol. The quantitative estimate of drug-likeness (QED) is 0.106. The van der Waals surface area contributed by atoms with Gasteiger partial charge in [0.15, 0.2) is 0 Å². The summed E-state index contributed by atoms with van der Waals surface area (Å²) in [5.41, 5.74) is -1.98. The summed E-state index contributed by atoms with van der Waals surface area (Å²) >= 11 is 0. The Kier molecular flexibility index (Phi) is 13.2. The minimum Gasteiger partial charge on any atom is -0.480 e. The Morgan fingerprint density at radius 2 is 0.769 bits per heavy atom. The van der Waals surface area contributed by atoms with Crippen molar-refractivity contribution in [1.29, 1.82) is 0 Å². The Labute approximate surface area is 290 Å². The molecule has 4 rings (SSSR count). The van der Waals surface area contributed by atoms with Gasteiger partial charge < -0.3 is 20.8 Å². The van der Waals surface area contributed by atoms with Crippen LogP contribution in [0.2, 0.25) is 0 Å². The normalized spacial score (nSPS) is 11.4. The number of nitrogens with zero attached hydrogens (tertiary/aromatic N) is 4. The molecular formula is C32H26N6O14. The maximum Gasteiger partial charge on any atom is 0.326 e. The van der Waals surface area contributed by atoms with Gasteiger partial charge in [0, 0.05) is 37.1 Å². The van der Waals surface area contributed by atoms with Crippen molar-refractivity contribution in [1.82, 2.24) is 10.6 Å². The molecule has 0 aliphatic carbocycles. The van der Waals surface area contributed by atoms with Crippen molar-refractivity contribution in [2.75, 3.05) is 0 Å². The van der Waals surface area contributed by atoms with E-state index in [1.165, 1.54) is 0 Å². The number of nitro groups is 4. The lowest BCUT2D eigenvalue weighted by atomic mass is 10.1. The third-order valence-electron chi connectivity index (χ3n) is 6.94. The second-order valence-corrected chi connectivity index (χ2v) is 10.6. The maximum atomic E-state index is 12.3. The van der Waals surface area contributed by atoms with Crippen LogP contribution in [-0.4, -0.2) is 65.7 Å². The first-order valence-electron chi connectivity index (χ1n) is 14.6. The first kappa shape index (κ1) is 38.8. The van der Waals surface area contributed by atoms with Crippen LogP contribution in [0.5, 0.6) is 0 Å². The van der Waals surface area contributed by atoms with Crippen molar-refractivity contribution in [3.8, 4) is 0 Å². The fourth-order valence-corrected chi connectivity index (χ4v) is 4.46. The SMILES string of the molecule is O=C(N[C@@H](Cc1ccccc1)C(=O)O)c1cc([N+](=O)[O-])cc([N+](=O)[O-])c1.O=C(N[C@@H](Cc1ccccc1)C(=O)O)c1cc([N+](=O)[O-])cc([N+](=O)[O-])c1. The van der Waals surface area contributed by atoms with Crippen LogP contribution in [0.15, 0.2) is 97.1 Å². The summed E-state index contributed by atoms with van der Waals surface area (Å²) in [5, 5.41) is 66.5. The second kappa shape index (κ2) is 17.7. The van der Waals surface area contributed by atoms with E-state index in [2.05, 4.69) is 10.6 Å². The van der Waals surface area contributed by atoms with E-state index in [0.717, 1.165) is 36.4 Å². The topological polar surface area (TPSA) is 305 Å². The summed E-state index contributed by atoms with van der Waals surface area (Å²) < 4.78 is 0. The molecule has 20 nitrogen and oxygen atoms in total. The summed E-state index contributed by atoms with van der Waals surface area (Å²) in [6.45, 7) is 0.